The van der Waals surface area contributed by atoms with Gasteiger partial charge in [-0.2, -0.15) is 0 Å². The van der Waals surface area contributed by atoms with E-state index in [1.54, 1.807) is 6.07 Å². The zero-order valence-corrected chi connectivity index (χ0v) is 16.2. The van der Waals surface area contributed by atoms with Crippen molar-refractivity contribution in [1.29, 1.82) is 0 Å². The predicted molar refractivity (Wildman–Crippen MR) is 102 cm³/mol. The summed E-state index contributed by atoms with van der Waals surface area (Å²) in [6.45, 7) is 0.914. The van der Waals surface area contributed by atoms with Crippen LogP contribution in [0.1, 0.15) is 17.3 Å². The van der Waals surface area contributed by atoms with Gasteiger partial charge in [-0.25, -0.2) is 4.39 Å². The highest BCUT2D eigenvalue weighted by Gasteiger charge is 2.19. The molecule has 0 unspecified atom stereocenters. The van der Waals surface area contributed by atoms with Gasteiger partial charge in [-0.15, -0.1) is 0 Å². The van der Waals surface area contributed by atoms with Crippen LogP contribution in [0.3, 0.4) is 0 Å². The SMILES string of the molecule is COc1cc(OC)cc(C(=O)NCC(=O)O[C@@H](C)C(=O)Nc2cccc(F)c2)c1. The van der Waals surface area contributed by atoms with Crippen molar-refractivity contribution in [3.8, 4) is 11.5 Å². The van der Waals surface area contributed by atoms with E-state index >= 15 is 0 Å². The number of hydrogen-bond donors (Lipinski definition) is 2. The highest BCUT2D eigenvalue weighted by atomic mass is 19.1. The van der Waals surface area contributed by atoms with E-state index in [1.165, 1.54) is 51.5 Å². The summed E-state index contributed by atoms with van der Waals surface area (Å²) >= 11 is 0. The molecule has 154 valence electrons. The highest BCUT2D eigenvalue weighted by Crippen LogP contribution is 2.22. The number of esters is 1. The van der Waals surface area contributed by atoms with Gasteiger partial charge in [-0.05, 0) is 37.3 Å². The van der Waals surface area contributed by atoms with Crippen molar-refractivity contribution in [2.24, 2.45) is 0 Å². The van der Waals surface area contributed by atoms with Crippen molar-refractivity contribution in [2.75, 3.05) is 26.1 Å². The molecule has 2 amide bonds. The van der Waals surface area contributed by atoms with Crippen LogP contribution in [0.2, 0.25) is 0 Å². The quantitative estimate of drug-likeness (QED) is 0.654. The molecule has 29 heavy (non-hydrogen) atoms. The zero-order valence-electron chi connectivity index (χ0n) is 16.2. The van der Waals surface area contributed by atoms with Gasteiger partial charge in [0.1, 0.15) is 23.9 Å². The van der Waals surface area contributed by atoms with E-state index in [1.807, 2.05) is 0 Å². The lowest BCUT2D eigenvalue weighted by atomic mass is 10.2. The third-order valence-corrected chi connectivity index (χ3v) is 3.78. The molecule has 0 aliphatic rings. The minimum Gasteiger partial charge on any atom is -0.497 e. The summed E-state index contributed by atoms with van der Waals surface area (Å²) < 4.78 is 28.3. The van der Waals surface area contributed by atoms with Gasteiger partial charge in [0.2, 0.25) is 0 Å². The predicted octanol–water partition coefficient (Wildman–Crippen LogP) is 2.14. The Hall–Kier alpha value is -3.62. The maximum atomic E-state index is 13.1. The molecule has 0 aliphatic heterocycles. The Bertz CT molecular complexity index is 880. The van der Waals surface area contributed by atoms with Crippen molar-refractivity contribution in [3.05, 3.63) is 53.8 Å². The third-order valence-electron chi connectivity index (χ3n) is 3.78. The average molecular weight is 404 g/mol. The zero-order chi connectivity index (χ0) is 21.4. The Morgan fingerprint density at radius 1 is 1.03 bits per heavy atom. The average Bonchev–Trinajstić information content (AvgIpc) is 2.71. The van der Waals surface area contributed by atoms with Gasteiger partial charge in [0.05, 0.1) is 14.2 Å². The summed E-state index contributed by atoms with van der Waals surface area (Å²) in [6.07, 6.45) is -1.14. The number of benzene rings is 2. The Morgan fingerprint density at radius 2 is 1.69 bits per heavy atom. The molecule has 0 fully saturated rings. The molecule has 0 spiro atoms. The van der Waals surface area contributed by atoms with Crippen LogP contribution in [0.15, 0.2) is 42.5 Å². The van der Waals surface area contributed by atoms with Crippen molar-refractivity contribution in [3.63, 3.8) is 0 Å². The van der Waals surface area contributed by atoms with Crippen LogP contribution < -0.4 is 20.1 Å². The van der Waals surface area contributed by atoms with Crippen LogP contribution in [0.4, 0.5) is 10.1 Å². The van der Waals surface area contributed by atoms with Gasteiger partial charge in [0, 0.05) is 17.3 Å². The second kappa shape index (κ2) is 10.1. The van der Waals surface area contributed by atoms with E-state index in [0.717, 1.165) is 6.07 Å². The summed E-state index contributed by atoms with van der Waals surface area (Å²) in [6, 6.07) is 9.87. The molecule has 0 saturated carbocycles. The molecule has 0 heterocycles. The maximum absolute atomic E-state index is 13.1. The van der Waals surface area contributed by atoms with E-state index in [2.05, 4.69) is 10.6 Å². The molecule has 0 saturated heterocycles. The molecule has 2 aromatic rings. The number of ether oxygens (including phenoxy) is 3. The summed E-state index contributed by atoms with van der Waals surface area (Å²) in [4.78, 5) is 36.2. The lowest BCUT2D eigenvalue weighted by molar-refractivity contribution is -0.152. The third kappa shape index (κ3) is 6.49. The lowest BCUT2D eigenvalue weighted by Gasteiger charge is -2.14. The number of methoxy groups -OCH3 is 2. The fourth-order valence-electron chi connectivity index (χ4n) is 2.30. The van der Waals surface area contributed by atoms with Crippen LogP contribution in [-0.4, -0.2) is 44.7 Å². The first kappa shape index (κ1) is 21.7. The van der Waals surface area contributed by atoms with E-state index in [0.29, 0.717) is 11.5 Å². The molecule has 8 nitrogen and oxygen atoms in total. The summed E-state index contributed by atoms with van der Waals surface area (Å²) in [5.74, 6) is -1.66. The molecular weight excluding hydrogens is 383 g/mol. The van der Waals surface area contributed by atoms with Gasteiger partial charge in [-0.3, -0.25) is 14.4 Å². The smallest absolute Gasteiger partial charge is 0.326 e. The molecule has 0 aromatic heterocycles. The van der Waals surface area contributed by atoms with Gasteiger partial charge >= 0.3 is 5.97 Å². The number of carbonyl (C=O) groups excluding carboxylic acids is 3. The van der Waals surface area contributed by atoms with Crippen LogP contribution >= 0.6 is 0 Å². The van der Waals surface area contributed by atoms with E-state index in [4.69, 9.17) is 14.2 Å². The molecule has 1 atom stereocenters. The van der Waals surface area contributed by atoms with Gasteiger partial charge in [0.25, 0.3) is 11.8 Å². The van der Waals surface area contributed by atoms with Crippen molar-refractivity contribution in [2.45, 2.75) is 13.0 Å². The van der Waals surface area contributed by atoms with E-state index < -0.39 is 36.2 Å². The molecular formula is C20H21FN2O6. The van der Waals surface area contributed by atoms with Crippen LogP contribution in [0.5, 0.6) is 11.5 Å². The number of carbonyl (C=O) groups is 3. The fraction of sp³-hybridized carbons (Fsp3) is 0.250. The van der Waals surface area contributed by atoms with Crippen LogP contribution in [-0.2, 0) is 14.3 Å². The summed E-state index contributed by atoms with van der Waals surface area (Å²) in [5.41, 5.74) is 0.462. The van der Waals surface area contributed by atoms with Gasteiger partial charge in [-0.1, -0.05) is 6.07 Å². The Kier molecular flexibility index (Phi) is 7.53. The fourth-order valence-corrected chi connectivity index (χ4v) is 2.30. The van der Waals surface area contributed by atoms with Crippen LogP contribution in [0, 0.1) is 5.82 Å². The molecule has 0 bridgehead atoms. The normalized spacial score (nSPS) is 11.2. The maximum Gasteiger partial charge on any atom is 0.326 e. The molecule has 0 aliphatic carbocycles. The highest BCUT2D eigenvalue weighted by molar-refractivity contribution is 5.97. The van der Waals surface area contributed by atoms with Crippen LogP contribution in [0.25, 0.3) is 0 Å². The van der Waals surface area contributed by atoms with E-state index in [9.17, 15) is 18.8 Å². The molecule has 2 aromatic carbocycles. The standard InChI is InChI=1S/C20H21FN2O6/c1-12(19(25)23-15-6-4-5-14(21)9-15)29-18(24)11-22-20(26)13-7-16(27-2)10-17(8-13)28-3/h4-10,12H,11H2,1-3H3,(H,22,26)(H,23,25)/t12-/m0/s1. The molecule has 2 N–H and O–H groups in total. The minimum atomic E-state index is -1.14. The number of nitrogens with one attached hydrogen (secondary N) is 2. The first-order valence-electron chi connectivity index (χ1n) is 8.59. The second-order valence-corrected chi connectivity index (χ2v) is 5.92. The molecule has 9 heteroatoms. The summed E-state index contributed by atoms with van der Waals surface area (Å²) in [5, 5.41) is 4.83. The number of halogens is 1. The first-order valence-corrected chi connectivity index (χ1v) is 8.59. The molecule has 0 radical (unpaired) electrons. The number of hydrogen-bond acceptors (Lipinski definition) is 6. The molecule has 2 rings (SSSR count). The van der Waals surface area contributed by atoms with Crippen molar-refractivity contribution < 1.29 is 33.0 Å². The number of amides is 2. The van der Waals surface area contributed by atoms with Gasteiger partial charge in [0.15, 0.2) is 6.10 Å². The minimum absolute atomic E-state index is 0.228. The largest absolute Gasteiger partial charge is 0.497 e. The second-order valence-electron chi connectivity index (χ2n) is 5.92. The summed E-state index contributed by atoms with van der Waals surface area (Å²) in [7, 11) is 2.90. The van der Waals surface area contributed by atoms with Crippen molar-refractivity contribution in [1.82, 2.24) is 5.32 Å². The lowest BCUT2D eigenvalue weighted by Crippen LogP contribution is -2.35. The Morgan fingerprint density at radius 3 is 2.28 bits per heavy atom. The first-order chi connectivity index (χ1) is 13.8. The Balaban J connectivity index is 1.87. The number of anilines is 1. The number of rotatable bonds is 8. The monoisotopic (exact) mass is 404 g/mol. The van der Waals surface area contributed by atoms with E-state index in [-0.39, 0.29) is 11.3 Å². The van der Waals surface area contributed by atoms with Gasteiger partial charge < -0.3 is 24.8 Å². The Labute approximate surface area is 166 Å². The van der Waals surface area contributed by atoms with Crippen molar-refractivity contribution >= 4 is 23.5 Å². The topological polar surface area (TPSA) is 103 Å².